The number of hydrogen-bond acceptors (Lipinski definition) is 4. The van der Waals surface area contributed by atoms with Crippen LogP contribution in [0.4, 0.5) is 5.69 Å². The number of aromatic nitrogens is 2. The molecule has 2 aromatic heterocycles. The van der Waals surface area contributed by atoms with E-state index in [0.29, 0.717) is 11.6 Å². The molecule has 0 aliphatic heterocycles. The van der Waals surface area contributed by atoms with Crippen LogP contribution in [0.15, 0.2) is 18.5 Å². The fraction of sp³-hybridized carbons (Fsp3) is 0.600. The van der Waals surface area contributed by atoms with E-state index in [1.54, 1.807) is 6.20 Å². The highest BCUT2D eigenvalue weighted by molar-refractivity contribution is 6.04. The van der Waals surface area contributed by atoms with E-state index in [-0.39, 0.29) is 12.1 Å². The Bertz CT molecular complexity index is 721. The van der Waals surface area contributed by atoms with Crippen LogP contribution in [0.25, 0.3) is 11.0 Å². The summed E-state index contributed by atoms with van der Waals surface area (Å²) in [5, 5.41) is 4.61. The Balaban J connectivity index is 1.87. The summed E-state index contributed by atoms with van der Waals surface area (Å²) in [5.74, 6) is 0.472. The first-order valence-electron chi connectivity index (χ1n) is 9.52. The Labute approximate surface area is 149 Å². The molecular weight excluding hydrogens is 314 g/mol. The molecular formula is C20H29N3O2. The SMILES string of the molecule is CCC[C@@H]1CCC[C@H](Nc2c(C(=O)OC(C)C)cnc3[nH]ccc23)C1. The second-order valence-electron chi connectivity index (χ2n) is 7.40. The zero-order chi connectivity index (χ0) is 17.8. The first-order valence-corrected chi connectivity index (χ1v) is 9.52. The van der Waals surface area contributed by atoms with Crippen LogP contribution >= 0.6 is 0 Å². The van der Waals surface area contributed by atoms with Gasteiger partial charge in [-0.2, -0.15) is 0 Å². The van der Waals surface area contributed by atoms with Gasteiger partial charge >= 0.3 is 5.97 Å². The van der Waals surface area contributed by atoms with Crippen molar-refractivity contribution in [1.29, 1.82) is 0 Å². The van der Waals surface area contributed by atoms with Crippen LogP contribution in [-0.4, -0.2) is 28.1 Å². The summed E-state index contributed by atoms with van der Waals surface area (Å²) in [6, 6.07) is 2.37. The van der Waals surface area contributed by atoms with Gasteiger partial charge in [0.15, 0.2) is 0 Å². The molecule has 2 aromatic rings. The third-order valence-corrected chi connectivity index (χ3v) is 4.98. The van der Waals surface area contributed by atoms with E-state index >= 15 is 0 Å². The van der Waals surface area contributed by atoms with Crippen molar-refractivity contribution in [2.45, 2.75) is 71.4 Å². The van der Waals surface area contributed by atoms with Gasteiger partial charge in [-0.1, -0.05) is 32.6 Å². The van der Waals surface area contributed by atoms with Gasteiger partial charge in [0.05, 0.1) is 11.8 Å². The van der Waals surface area contributed by atoms with Crippen molar-refractivity contribution in [3.8, 4) is 0 Å². The van der Waals surface area contributed by atoms with Gasteiger partial charge in [0, 0.05) is 23.8 Å². The molecule has 0 bridgehead atoms. The Hall–Kier alpha value is -2.04. The molecule has 1 saturated carbocycles. The topological polar surface area (TPSA) is 67.0 Å². The summed E-state index contributed by atoms with van der Waals surface area (Å²) in [4.78, 5) is 20.0. The molecule has 0 radical (unpaired) electrons. The first-order chi connectivity index (χ1) is 12.1. The van der Waals surface area contributed by atoms with Crippen LogP contribution in [-0.2, 0) is 4.74 Å². The Morgan fingerprint density at radius 1 is 1.44 bits per heavy atom. The van der Waals surface area contributed by atoms with Crippen molar-refractivity contribution in [1.82, 2.24) is 9.97 Å². The van der Waals surface area contributed by atoms with Gasteiger partial charge in [-0.05, 0) is 38.7 Å². The second-order valence-corrected chi connectivity index (χ2v) is 7.40. The number of pyridine rings is 1. The molecule has 5 nitrogen and oxygen atoms in total. The van der Waals surface area contributed by atoms with E-state index in [0.717, 1.165) is 29.1 Å². The number of hydrogen-bond donors (Lipinski definition) is 2. The number of esters is 1. The number of nitrogens with zero attached hydrogens (tertiary/aromatic N) is 1. The maximum atomic E-state index is 12.5. The largest absolute Gasteiger partial charge is 0.459 e. The molecule has 0 amide bonds. The predicted octanol–water partition coefficient (Wildman–Crippen LogP) is 4.90. The van der Waals surface area contributed by atoms with Gasteiger partial charge in [-0.25, -0.2) is 9.78 Å². The van der Waals surface area contributed by atoms with E-state index in [4.69, 9.17) is 4.74 Å². The molecule has 0 spiro atoms. The summed E-state index contributed by atoms with van der Waals surface area (Å²) in [5.41, 5.74) is 2.18. The standard InChI is InChI=1S/C20H29N3O2/c1-4-6-14-7-5-8-15(11-14)23-18-16-9-10-21-19(16)22-12-17(18)20(24)25-13(2)3/h9-10,12-15H,4-8,11H2,1-3H3,(H2,21,22,23)/t14-,15+/m1/s1. The van der Waals surface area contributed by atoms with E-state index < -0.39 is 0 Å². The van der Waals surface area contributed by atoms with Gasteiger partial charge in [0.25, 0.3) is 0 Å². The molecule has 3 rings (SSSR count). The smallest absolute Gasteiger partial charge is 0.342 e. The number of carbonyl (C=O) groups is 1. The highest BCUT2D eigenvalue weighted by Crippen LogP contribution is 2.33. The van der Waals surface area contributed by atoms with Crippen LogP contribution in [0.5, 0.6) is 0 Å². The van der Waals surface area contributed by atoms with Gasteiger partial charge in [-0.15, -0.1) is 0 Å². The van der Waals surface area contributed by atoms with Crippen molar-refractivity contribution in [2.75, 3.05) is 5.32 Å². The van der Waals surface area contributed by atoms with E-state index in [1.807, 2.05) is 26.1 Å². The third-order valence-electron chi connectivity index (χ3n) is 4.98. The molecule has 0 aromatic carbocycles. The number of aromatic amines is 1. The lowest BCUT2D eigenvalue weighted by molar-refractivity contribution is 0.0378. The quantitative estimate of drug-likeness (QED) is 0.732. The average molecular weight is 343 g/mol. The van der Waals surface area contributed by atoms with Crippen LogP contribution in [0.3, 0.4) is 0 Å². The number of rotatable bonds is 6. The number of nitrogens with one attached hydrogen (secondary N) is 2. The maximum absolute atomic E-state index is 12.5. The van der Waals surface area contributed by atoms with Crippen molar-refractivity contribution in [3.63, 3.8) is 0 Å². The molecule has 1 aliphatic rings. The van der Waals surface area contributed by atoms with Gasteiger partial charge < -0.3 is 15.0 Å². The normalized spacial score (nSPS) is 20.8. The lowest BCUT2D eigenvalue weighted by Crippen LogP contribution is -2.28. The molecule has 1 fully saturated rings. The molecule has 1 aliphatic carbocycles. The Morgan fingerprint density at radius 3 is 3.04 bits per heavy atom. The zero-order valence-corrected chi connectivity index (χ0v) is 15.5. The molecule has 136 valence electrons. The number of H-pyrrole nitrogens is 1. The summed E-state index contributed by atoms with van der Waals surface area (Å²) >= 11 is 0. The van der Waals surface area contributed by atoms with Crippen molar-refractivity contribution < 1.29 is 9.53 Å². The van der Waals surface area contributed by atoms with Crippen LogP contribution in [0.2, 0.25) is 0 Å². The van der Waals surface area contributed by atoms with E-state index in [2.05, 4.69) is 22.2 Å². The summed E-state index contributed by atoms with van der Waals surface area (Å²) < 4.78 is 5.42. The lowest BCUT2D eigenvalue weighted by Gasteiger charge is -2.31. The minimum absolute atomic E-state index is 0.147. The summed E-state index contributed by atoms with van der Waals surface area (Å²) in [6.45, 7) is 5.98. The third kappa shape index (κ3) is 4.14. The van der Waals surface area contributed by atoms with Gasteiger partial charge in [-0.3, -0.25) is 0 Å². The van der Waals surface area contributed by atoms with E-state index in [9.17, 15) is 4.79 Å². The molecule has 2 heterocycles. The molecule has 2 atom stereocenters. The molecule has 0 unspecified atom stereocenters. The Morgan fingerprint density at radius 2 is 2.28 bits per heavy atom. The number of ether oxygens (including phenoxy) is 1. The summed E-state index contributed by atoms with van der Waals surface area (Å²) in [7, 11) is 0. The molecule has 2 N–H and O–H groups in total. The van der Waals surface area contributed by atoms with Crippen molar-refractivity contribution in [2.24, 2.45) is 5.92 Å². The fourth-order valence-electron chi connectivity index (χ4n) is 3.89. The number of anilines is 1. The fourth-order valence-corrected chi connectivity index (χ4v) is 3.89. The number of carbonyl (C=O) groups excluding carboxylic acids is 1. The zero-order valence-electron chi connectivity index (χ0n) is 15.5. The van der Waals surface area contributed by atoms with Crippen molar-refractivity contribution in [3.05, 3.63) is 24.0 Å². The molecule has 0 saturated heterocycles. The van der Waals surface area contributed by atoms with Gasteiger partial charge in [0.1, 0.15) is 11.2 Å². The highest BCUT2D eigenvalue weighted by atomic mass is 16.5. The monoisotopic (exact) mass is 343 g/mol. The first kappa shape index (κ1) is 17.8. The minimum Gasteiger partial charge on any atom is -0.459 e. The van der Waals surface area contributed by atoms with Gasteiger partial charge in [0.2, 0.25) is 0 Å². The van der Waals surface area contributed by atoms with Crippen molar-refractivity contribution >= 4 is 22.7 Å². The second kappa shape index (κ2) is 7.89. The maximum Gasteiger partial charge on any atom is 0.342 e. The lowest BCUT2D eigenvalue weighted by atomic mass is 9.83. The average Bonchev–Trinajstić information content (AvgIpc) is 3.04. The molecule has 25 heavy (non-hydrogen) atoms. The summed E-state index contributed by atoms with van der Waals surface area (Å²) in [6.07, 6.45) is 10.7. The Kier molecular flexibility index (Phi) is 5.61. The predicted molar refractivity (Wildman–Crippen MR) is 101 cm³/mol. The highest BCUT2D eigenvalue weighted by Gasteiger charge is 2.25. The van der Waals surface area contributed by atoms with Crippen LogP contribution in [0.1, 0.15) is 69.7 Å². The molecule has 5 heteroatoms. The van der Waals surface area contributed by atoms with Crippen LogP contribution in [0, 0.1) is 5.92 Å². The number of fused-ring (bicyclic) bond motifs is 1. The van der Waals surface area contributed by atoms with Crippen LogP contribution < -0.4 is 5.32 Å². The minimum atomic E-state index is -0.311. The van der Waals surface area contributed by atoms with E-state index in [1.165, 1.54) is 32.1 Å².